The van der Waals surface area contributed by atoms with Gasteiger partial charge in [-0.05, 0) is 62.1 Å². The van der Waals surface area contributed by atoms with E-state index in [-0.39, 0.29) is 17.8 Å². The molecular formula is C22H25N3O3S. The van der Waals surface area contributed by atoms with Crippen molar-refractivity contribution in [3.8, 4) is 5.75 Å². The Labute approximate surface area is 175 Å². The summed E-state index contributed by atoms with van der Waals surface area (Å²) in [4.78, 5) is 12.4. The first-order valence-corrected chi connectivity index (χ1v) is 10.4. The minimum Gasteiger partial charge on any atom is -0.484 e. The number of ether oxygens (including phenoxy) is 1. The molecule has 0 aliphatic rings. The Kier molecular flexibility index (Phi) is 6.93. The molecule has 2 aromatic carbocycles. The molecule has 1 N–H and O–H groups in total. The van der Waals surface area contributed by atoms with Crippen LogP contribution in [0.3, 0.4) is 0 Å². The maximum Gasteiger partial charge on any atom is 0.277 e. The number of aryl methyl sites for hydroxylation is 3. The number of hydrogen-bond donors (Lipinski definition) is 1. The monoisotopic (exact) mass is 411 g/mol. The van der Waals surface area contributed by atoms with E-state index in [2.05, 4.69) is 22.4 Å². The predicted molar refractivity (Wildman–Crippen MR) is 114 cm³/mol. The van der Waals surface area contributed by atoms with E-state index in [0.29, 0.717) is 11.1 Å². The number of hydrogen-bond acceptors (Lipinski definition) is 6. The van der Waals surface area contributed by atoms with Gasteiger partial charge in [0.15, 0.2) is 6.61 Å². The Morgan fingerprint density at radius 3 is 2.66 bits per heavy atom. The van der Waals surface area contributed by atoms with Crippen LogP contribution in [0.2, 0.25) is 0 Å². The van der Waals surface area contributed by atoms with Crippen LogP contribution in [0.4, 0.5) is 5.69 Å². The number of aromatic nitrogens is 2. The third-order valence-electron chi connectivity index (χ3n) is 4.42. The summed E-state index contributed by atoms with van der Waals surface area (Å²) in [5.74, 6) is 1.04. The van der Waals surface area contributed by atoms with Crippen molar-refractivity contribution in [1.82, 2.24) is 10.2 Å². The summed E-state index contributed by atoms with van der Waals surface area (Å²) in [6.07, 6.45) is 0.965. The van der Waals surface area contributed by atoms with Crippen molar-refractivity contribution in [2.45, 2.75) is 51.2 Å². The third-order valence-corrected chi connectivity index (χ3v) is 5.35. The molecule has 0 aliphatic carbocycles. The number of rotatable bonds is 8. The van der Waals surface area contributed by atoms with Crippen LogP contribution in [-0.4, -0.2) is 21.4 Å². The summed E-state index contributed by atoms with van der Waals surface area (Å²) < 4.78 is 11.4. The van der Waals surface area contributed by atoms with Gasteiger partial charge in [0.1, 0.15) is 5.75 Å². The van der Waals surface area contributed by atoms with E-state index < -0.39 is 0 Å². The first-order valence-electron chi connectivity index (χ1n) is 9.53. The molecule has 0 saturated carbocycles. The van der Waals surface area contributed by atoms with Crippen molar-refractivity contribution in [1.29, 1.82) is 0 Å². The predicted octanol–water partition coefficient (Wildman–Crippen LogP) is 4.95. The summed E-state index contributed by atoms with van der Waals surface area (Å²) >= 11 is 1.22. The lowest BCUT2D eigenvalue weighted by Gasteiger charge is -2.10. The van der Waals surface area contributed by atoms with Crippen LogP contribution in [0.5, 0.6) is 5.75 Å². The molecule has 0 spiro atoms. The van der Waals surface area contributed by atoms with E-state index in [4.69, 9.17) is 9.15 Å². The van der Waals surface area contributed by atoms with Crippen LogP contribution in [0, 0.1) is 13.8 Å². The maximum absolute atomic E-state index is 12.4. The first kappa shape index (κ1) is 20.9. The van der Waals surface area contributed by atoms with E-state index in [1.807, 2.05) is 56.3 Å². The summed E-state index contributed by atoms with van der Waals surface area (Å²) in [5, 5.41) is 10.9. The summed E-state index contributed by atoms with van der Waals surface area (Å²) in [6.45, 7) is 8.08. The van der Waals surface area contributed by atoms with Gasteiger partial charge in [0.05, 0.1) is 5.25 Å². The van der Waals surface area contributed by atoms with Gasteiger partial charge in [-0.2, -0.15) is 0 Å². The first-order chi connectivity index (χ1) is 13.9. The molecule has 1 aromatic heterocycles. The average molecular weight is 412 g/mol. The Hall–Kier alpha value is -2.80. The van der Waals surface area contributed by atoms with E-state index in [1.54, 1.807) is 6.92 Å². The highest BCUT2D eigenvalue weighted by Crippen LogP contribution is 2.24. The molecule has 29 heavy (non-hydrogen) atoms. The van der Waals surface area contributed by atoms with Crippen molar-refractivity contribution in [2.75, 3.05) is 5.32 Å². The largest absolute Gasteiger partial charge is 0.484 e. The van der Waals surface area contributed by atoms with E-state index in [1.165, 1.54) is 17.3 Å². The van der Waals surface area contributed by atoms with Crippen LogP contribution in [0.15, 0.2) is 52.1 Å². The smallest absolute Gasteiger partial charge is 0.277 e. The summed E-state index contributed by atoms with van der Waals surface area (Å²) in [7, 11) is 0. The van der Waals surface area contributed by atoms with Crippen molar-refractivity contribution < 1.29 is 13.9 Å². The molecule has 0 radical (unpaired) electrons. The van der Waals surface area contributed by atoms with Gasteiger partial charge < -0.3 is 14.5 Å². The van der Waals surface area contributed by atoms with Gasteiger partial charge in [0, 0.05) is 5.69 Å². The molecule has 1 unspecified atom stereocenters. The highest BCUT2D eigenvalue weighted by atomic mass is 32.2. The minimum absolute atomic E-state index is 0.120. The van der Waals surface area contributed by atoms with Gasteiger partial charge in [-0.1, -0.05) is 43.0 Å². The van der Waals surface area contributed by atoms with Gasteiger partial charge in [-0.3, -0.25) is 4.79 Å². The molecule has 0 fully saturated rings. The molecule has 3 rings (SSSR count). The zero-order valence-electron chi connectivity index (χ0n) is 17.1. The molecule has 3 aromatic rings. The van der Waals surface area contributed by atoms with Gasteiger partial charge >= 0.3 is 0 Å². The fraction of sp³-hybridized carbons (Fsp3) is 0.318. The SMILES string of the molecule is CCc1ccc(NC(=O)C(C)Sc2nnc(COc3cc(C)ccc3C)o2)cc1. The van der Waals surface area contributed by atoms with Crippen molar-refractivity contribution in [3.05, 3.63) is 65.0 Å². The van der Waals surface area contributed by atoms with Gasteiger partial charge in [-0.15, -0.1) is 10.2 Å². The molecule has 1 amide bonds. The number of carbonyl (C=O) groups is 1. The molecule has 1 heterocycles. The molecule has 1 atom stereocenters. The standard InChI is InChI=1S/C22H25N3O3S/c1-5-17-8-10-18(11-9-17)23-21(26)16(4)29-22-25-24-20(28-22)13-27-19-12-14(2)6-7-15(19)3/h6-12,16H,5,13H2,1-4H3,(H,23,26). The summed E-state index contributed by atoms with van der Waals surface area (Å²) in [5.41, 5.74) is 4.17. The molecular weight excluding hydrogens is 386 g/mol. The maximum atomic E-state index is 12.4. The van der Waals surface area contributed by atoms with Crippen LogP contribution >= 0.6 is 11.8 Å². The van der Waals surface area contributed by atoms with Crippen molar-refractivity contribution >= 4 is 23.4 Å². The lowest BCUT2D eigenvalue weighted by molar-refractivity contribution is -0.115. The molecule has 0 bridgehead atoms. The number of thioether (sulfide) groups is 1. The molecule has 0 aliphatic heterocycles. The minimum atomic E-state index is -0.380. The molecule has 7 heteroatoms. The number of nitrogens with zero attached hydrogens (tertiary/aromatic N) is 2. The lowest BCUT2D eigenvalue weighted by atomic mass is 10.1. The molecule has 152 valence electrons. The number of anilines is 1. The zero-order valence-corrected chi connectivity index (χ0v) is 17.9. The van der Waals surface area contributed by atoms with Crippen LogP contribution in [0.1, 0.15) is 36.4 Å². The van der Waals surface area contributed by atoms with E-state index in [9.17, 15) is 4.79 Å². The highest BCUT2D eigenvalue weighted by molar-refractivity contribution is 8.00. The second-order valence-electron chi connectivity index (χ2n) is 6.82. The van der Waals surface area contributed by atoms with Gasteiger partial charge in [0.2, 0.25) is 5.91 Å². The molecule has 0 saturated heterocycles. The van der Waals surface area contributed by atoms with Crippen LogP contribution in [-0.2, 0) is 17.8 Å². The number of carbonyl (C=O) groups excluding carboxylic acids is 1. The summed E-state index contributed by atoms with van der Waals surface area (Å²) in [6, 6.07) is 13.8. The van der Waals surface area contributed by atoms with E-state index >= 15 is 0 Å². The number of nitrogens with one attached hydrogen (secondary N) is 1. The van der Waals surface area contributed by atoms with Crippen molar-refractivity contribution in [2.24, 2.45) is 0 Å². The third kappa shape index (κ3) is 5.84. The number of amides is 1. The van der Waals surface area contributed by atoms with Crippen molar-refractivity contribution in [3.63, 3.8) is 0 Å². The number of benzene rings is 2. The molecule has 6 nitrogen and oxygen atoms in total. The zero-order chi connectivity index (χ0) is 20.8. The average Bonchev–Trinajstić information content (AvgIpc) is 3.16. The van der Waals surface area contributed by atoms with Gasteiger partial charge in [-0.25, -0.2) is 0 Å². The van der Waals surface area contributed by atoms with E-state index in [0.717, 1.165) is 29.0 Å². The fourth-order valence-corrected chi connectivity index (χ4v) is 3.32. The normalized spacial score (nSPS) is 11.9. The second-order valence-corrected chi connectivity index (χ2v) is 8.11. The Bertz CT molecular complexity index is 970. The quantitative estimate of drug-likeness (QED) is 0.529. The Morgan fingerprint density at radius 2 is 1.93 bits per heavy atom. The van der Waals surface area contributed by atoms with Gasteiger partial charge in [0.25, 0.3) is 11.1 Å². The fourth-order valence-electron chi connectivity index (χ4n) is 2.62. The lowest BCUT2D eigenvalue weighted by Crippen LogP contribution is -2.22. The second kappa shape index (κ2) is 9.60. The Morgan fingerprint density at radius 1 is 1.17 bits per heavy atom. The topological polar surface area (TPSA) is 77.2 Å². The Balaban J connectivity index is 1.53. The van der Waals surface area contributed by atoms with Crippen LogP contribution < -0.4 is 10.1 Å². The highest BCUT2D eigenvalue weighted by Gasteiger charge is 2.19. The van der Waals surface area contributed by atoms with Crippen LogP contribution in [0.25, 0.3) is 0 Å².